The van der Waals surface area contributed by atoms with Gasteiger partial charge in [0.1, 0.15) is 5.56 Å². The average Bonchev–Trinajstić information content (AvgIpc) is 3.40. The summed E-state index contributed by atoms with van der Waals surface area (Å²) in [6, 6.07) is 13.3. The number of rotatable bonds is 10. The van der Waals surface area contributed by atoms with Gasteiger partial charge in [0.15, 0.2) is 5.65 Å². The van der Waals surface area contributed by atoms with Crippen LogP contribution in [0.5, 0.6) is 0 Å². The monoisotopic (exact) mass is 575 g/mol. The molecule has 4 aromatic rings. The lowest BCUT2D eigenvalue weighted by Crippen LogP contribution is -2.32. The van der Waals surface area contributed by atoms with E-state index in [-0.39, 0.29) is 35.3 Å². The molecule has 0 spiro atoms. The van der Waals surface area contributed by atoms with E-state index in [1.165, 1.54) is 23.5 Å². The highest BCUT2D eigenvalue weighted by Crippen LogP contribution is 2.26. The van der Waals surface area contributed by atoms with Crippen LogP contribution in [0.15, 0.2) is 59.7 Å². The summed E-state index contributed by atoms with van der Waals surface area (Å²) < 4.78 is 33.8. The second-order valence-corrected chi connectivity index (χ2v) is 12.2. The number of hydrogen-bond acceptors (Lipinski definition) is 8. The van der Waals surface area contributed by atoms with Crippen LogP contribution < -0.4 is 15.5 Å². The zero-order valence-electron chi connectivity index (χ0n) is 23.3. The topological polar surface area (TPSA) is 132 Å². The molecule has 0 saturated heterocycles. The van der Waals surface area contributed by atoms with Crippen LogP contribution in [0.25, 0.3) is 16.7 Å². The lowest BCUT2D eigenvalue weighted by molar-refractivity contribution is 0.0524. The minimum Gasteiger partial charge on any atom is -0.462 e. The van der Waals surface area contributed by atoms with Gasteiger partial charge in [0, 0.05) is 29.8 Å². The summed E-state index contributed by atoms with van der Waals surface area (Å²) in [5.41, 5.74) is 4.70. The molecule has 2 heterocycles. The van der Waals surface area contributed by atoms with E-state index in [1.807, 2.05) is 30.3 Å². The molecule has 41 heavy (non-hydrogen) atoms. The lowest BCUT2D eigenvalue weighted by atomic mass is 10.1. The van der Waals surface area contributed by atoms with Crippen LogP contribution in [0, 0.1) is 0 Å². The minimum absolute atomic E-state index is 0.000248. The molecule has 2 N–H and O–H groups in total. The van der Waals surface area contributed by atoms with Crippen molar-refractivity contribution in [2.24, 2.45) is 0 Å². The van der Waals surface area contributed by atoms with Crippen molar-refractivity contribution in [3.63, 3.8) is 0 Å². The molecule has 1 aliphatic carbocycles. The maximum absolute atomic E-state index is 13.3. The molecular formula is C30H33N5O5S. The van der Waals surface area contributed by atoms with E-state index in [1.54, 1.807) is 25.3 Å². The third-order valence-electron chi connectivity index (χ3n) is 6.88. The van der Waals surface area contributed by atoms with Crippen LogP contribution in [0.3, 0.4) is 0 Å². The first kappa shape index (κ1) is 28.4. The summed E-state index contributed by atoms with van der Waals surface area (Å²) in [7, 11) is -3.35. The van der Waals surface area contributed by atoms with Gasteiger partial charge in [-0.05, 0) is 87.4 Å². The van der Waals surface area contributed by atoms with Crippen molar-refractivity contribution in [3.05, 3.63) is 87.3 Å². The first-order valence-electron chi connectivity index (χ1n) is 13.7. The van der Waals surface area contributed by atoms with E-state index in [2.05, 4.69) is 32.1 Å². The number of ether oxygens (including phenoxy) is 1. The number of nitrogens with zero attached hydrogens (tertiary/aromatic N) is 3. The lowest BCUT2D eigenvalue weighted by Gasteiger charge is -2.15. The van der Waals surface area contributed by atoms with Crippen LogP contribution in [0.1, 0.15) is 54.2 Å². The molecule has 214 valence electrons. The Balaban J connectivity index is 1.46. The quantitative estimate of drug-likeness (QED) is 0.271. The Morgan fingerprint density at radius 1 is 1.10 bits per heavy atom. The van der Waals surface area contributed by atoms with Crippen molar-refractivity contribution in [1.82, 2.24) is 19.3 Å². The number of nitrogens with one attached hydrogen (secondary N) is 2. The molecule has 5 rings (SSSR count). The van der Waals surface area contributed by atoms with Crippen LogP contribution in [0.2, 0.25) is 0 Å². The van der Waals surface area contributed by atoms with Gasteiger partial charge >= 0.3 is 5.97 Å². The van der Waals surface area contributed by atoms with Gasteiger partial charge in [0.05, 0.1) is 17.7 Å². The highest BCUT2D eigenvalue weighted by Gasteiger charge is 2.20. The molecular weight excluding hydrogens is 542 g/mol. The van der Waals surface area contributed by atoms with Crippen molar-refractivity contribution in [2.75, 3.05) is 17.7 Å². The maximum Gasteiger partial charge on any atom is 0.343 e. The molecule has 0 saturated carbocycles. The Kier molecular flexibility index (Phi) is 8.18. The van der Waals surface area contributed by atoms with E-state index >= 15 is 0 Å². The third kappa shape index (κ3) is 6.47. The fraction of sp³-hybridized carbons (Fsp3) is 0.333. The molecule has 0 aliphatic heterocycles. The molecule has 0 bridgehead atoms. The summed E-state index contributed by atoms with van der Waals surface area (Å²) >= 11 is 0. The van der Waals surface area contributed by atoms with E-state index < -0.39 is 21.4 Å². The van der Waals surface area contributed by atoms with Gasteiger partial charge in [0.25, 0.3) is 0 Å². The van der Waals surface area contributed by atoms with Gasteiger partial charge in [0.2, 0.25) is 21.4 Å². The second-order valence-electron chi connectivity index (χ2n) is 10.4. The van der Waals surface area contributed by atoms with Gasteiger partial charge < -0.3 is 14.6 Å². The van der Waals surface area contributed by atoms with Gasteiger partial charge in [-0.15, -0.1) is 0 Å². The molecule has 10 nitrogen and oxygen atoms in total. The highest BCUT2D eigenvalue weighted by molar-refractivity contribution is 7.89. The van der Waals surface area contributed by atoms with Crippen LogP contribution in [0.4, 0.5) is 11.6 Å². The maximum atomic E-state index is 13.3. The van der Waals surface area contributed by atoms with Crippen molar-refractivity contribution in [2.45, 2.75) is 52.5 Å². The number of carbonyl (C=O) groups excluding carboxylic acids is 1. The second kappa shape index (κ2) is 11.8. The van der Waals surface area contributed by atoms with E-state index in [4.69, 9.17) is 4.74 Å². The molecule has 2 aromatic carbocycles. The summed E-state index contributed by atoms with van der Waals surface area (Å²) in [4.78, 5) is 34.9. The predicted molar refractivity (Wildman–Crippen MR) is 159 cm³/mol. The molecule has 2 aromatic heterocycles. The summed E-state index contributed by atoms with van der Waals surface area (Å²) in [6.45, 7) is 5.42. The molecule has 0 fully saturated rings. The minimum atomic E-state index is -3.35. The molecule has 0 unspecified atom stereocenters. The van der Waals surface area contributed by atoms with Gasteiger partial charge in [-0.25, -0.2) is 22.9 Å². The fourth-order valence-electron chi connectivity index (χ4n) is 4.98. The zero-order valence-corrected chi connectivity index (χ0v) is 24.1. The Morgan fingerprint density at radius 2 is 1.85 bits per heavy atom. The van der Waals surface area contributed by atoms with Crippen molar-refractivity contribution in [3.8, 4) is 5.69 Å². The fourth-order valence-corrected chi connectivity index (χ4v) is 6.32. The standard InChI is InChI=1S/C30H33N5O5S/c1-4-40-29(37)26-18-35(24-13-10-21-6-5-7-22(21)16-24)28-25(27(26)36)17-31-30(33-28)32-23-11-8-20(9-12-23)14-15-41(38,39)34-19(2)3/h8-13,16-19,34H,4-7,14-15H2,1-3H3,(H,31,32,33). The van der Waals surface area contributed by atoms with E-state index in [9.17, 15) is 18.0 Å². The summed E-state index contributed by atoms with van der Waals surface area (Å²) in [5, 5.41) is 3.36. The molecule has 0 amide bonds. The number of pyridine rings is 1. The van der Waals surface area contributed by atoms with Crippen molar-refractivity contribution >= 4 is 38.7 Å². The SMILES string of the molecule is CCOC(=O)c1cn(-c2ccc3c(c2)CCC3)c2nc(Nc3ccc(CCS(=O)(=O)NC(C)C)cc3)ncc2c1=O. The van der Waals surface area contributed by atoms with Gasteiger partial charge in [-0.3, -0.25) is 4.79 Å². The van der Waals surface area contributed by atoms with Gasteiger partial charge in [-0.1, -0.05) is 18.2 Å². The Labute approximate surface area is 238 Å². The number of carbonyl (C=O) groups is 1. The predicted octanol–water partition coefficient (Wildman–Crippen LogP) is 4.06. The number of aromatic nitrogens is 3. The normalized spacial score (nSPS) is 13.0. The van der Waals surface area contributed by atoms with E-state index in [0.29, 0.717) is 17.8 Å². The first-order chi connectivity index (χ1) is 19.6. The van der Waals surface area contributed by atoms with Crippen molar-refractivity contribution in [1.29, 1.82) is 0 Å². The Morgan fingerprint density at radius 3 is 2.59 bits per heavy atom. The Hall–Kier alpha value is -4.09. The largest absolute Gasteiger partial charge is 0.462 e. The number of benzene rings is 2. The number of anilines is 2. The smallest absolute Gasteiger partial charge is 0.343 e. The number of sulfonamides is 1. The summed E-state index contributed by atoms with van der Waals surface area (Å²) in [5.74, 6) is -0.420. The number of fused-ring (bicyclic) bond motifs is 2. The number of esters is 1. The van der Waals surface area contributed by atoms with Crippen LogP contribution in [-0.4, -0.2) is 47.3 Å². The first-order valence-corrected chi connectivity index (χ1v) is 15.4. The molecule has 1 aliphatic rings. The molecule has 11 heteroatoms. The van der Waals surface area contributed by atoms with Gasteiger partial charge in [-0.2, -0.15) is 4.98 Å². The highest BCUT2D eigenvalue weighted by atomic mass is 32.2. The average molecular weight is 576 g/mol. The Bertz CT molecular complexity index is 1770. The summed E-state index contributed by atoms with van der Waals surface area (Å²) in [6.07, 6.45) is 6.40. The number of aryl methyl sites for hydroxylation is 3. The number of hydrogen-bond donors (Lipinski definition) is 2. The zero-order chi connectivity index (χ0) is 29.1. The third-order valence-corrected chi connectivity index (χ3v) is 8.46. The van der Waals surface area contributed by atoms with Crippen LogP contribution in [-0.2, 0) is 34.0 Å². The van der Waals surface area contributed by atoms with E-state index in [0.717, 1.165) is 30.5 Å². The van der Waals surface area contributed by atoms with Crippen LogP contribution >= 0.6 is 0 Å². The molecule has 0 atom stereocenters. The van der Waals surface area contributed by atoms with Crippen molar-refractivity contribution < 1.29 is 17.9 Å². The molecule has 0 radical (unpaired) electrons.